The van der Waals surface area contributed by atoms with Crippen LogP contribution < -0.4 is 11.2 Å². The first-order chi connectivity index (χ1) is 13.6. The molecule has 0 spiro atoms. The number of nitrogens with one attached hydrogen (secondary N) is 1. The maximum atomic E-state index is 12.3. The third-order valence-electron chi connectivity index (χ3n) is 3.71. The number of carbonyl (C=O) groups is 3. The van der Waals surface area contributed by atoms with Gasteiger partial charge in [0, 0.05) is 27.0 Å². The Balaban J connectivity index is 2.51. The van der Waals surface area contributed by atoms with Crippen LogP contribution in [-0.4, -0.2) is 52.4 Å². The van der Waals surface area contributed by atoms with Gasteiger partial charge >= 0.3 is 23.6 Å². The fourth-order valence-corrected chi connectivity index (χ4v) is 3.10. The summed E-state index contributed by atoms with van der Waals surface area (Å²) in [6.07, 6.45) is -3.82. The molecule has 4 atom stereocenters. The number of thiocyanates is 1. The van der Waals surface area contributed by atoms with Crippen LogP contribution in [0.25, 0.3) is 0 Å². The molecule has 0 saturated carbocycles. The third-order valence-corrected chi connectivity index (χ3v) is 4.31. The molecular formula is C16H17N3O9S. The van der Waals surface area contributed by atoms with Crippen LogP contribution in [0.15, 0.2) is 20.7 Å². The summed E-state index contributed by atoms with van der Waals surface area (Å²) in [5.74, 6) is -2.10. The summed E-state index contributed by atoms with van der Waals surface area (Å²) in [4.78, 5) is 60.3. The minimum absolute atomic E-state index is 0.107. The first-order valence-corrected chi connectivity index (χ1v) is 9.00. The Morgan fingerprint density at radius 2 is 1.79 bits per heavy atom. The molecule has 1 aromatic heterocycles. The molecule has 0 aromatic carbocycles. The fourth-order valence-electron chi connectivity index (χ4n) is 2.69. The van der Waals surface area contributed by atoms with Gasteiger partial charge in [-0.3, -0.25) is 28.7 Å². The lowest BCUT2D eigenvalue weighted by Crippen LogP contribution is -2.42. The number of esters is 3. The molecule has 29 heavy (non-hydrogen) atoms. The van der Waals surface area contributed by atoms with Crippen LogP contribution in [-0.2, 0) is 33.3 Å². The van der Waals surface area contributed by atoms with Gasteiger partial charge in [-0.2, -0.15) is 5.26 Å². The topological polar surface area (TPSA) is 167 Å². The van der Waals surface area contributed by atoms with Crippen molar-refractivity contribution in [2.45, 2.75) is 50.2 Å². The van der Waals surface area contributed by atoms with E-state index in [1.165, 1.54) is 0 Å². The number of thioether (sulfide) groups is 1. The Morgan fingerprint density at radius 3 is 2.34 bits per heavy atom. The minimum Gasteiger partial charge on any atom is -0.463 e. The zero-order valence-electron chi connectivity index (χ0n) is 15.6. The lowest BCUT2D eigenvalue weighted by atomic mass is 10.1. The number of nitrogens with zero attached hydrogens (tertiary/aromatic N) is 2. The minimum atomic E-state index is -1.33. The van der Waals surface area contributed by atoms with Crippen molar-refractivity contribution < 1.29 is 33.3 Å². The summed E-state index contributed by atoms with van der Waals surface area (Å²) < 4.78 is 21.9. The molecule has 13 heteroatoms. The summed E-state index contributed by atoms with van der Waals surface area (Å²) in [5.41, 5.74) is -1.69. The summed E-state index contributed by atoms with van der Waals surface area (Å²) >= 11 is 0.509. The van der Waals surface area contributed by atoms with Gasteiger partial charge in [-0.15, -0.1) is 0 Å². The molecule has 0 amide bonds. The molecule has 12 nitrogen and oxygen atoms in total. The Bertz CT molecular complexity index is 964. The lowest BCUT2D eigenvalue weighted by molar-refractivity contribution is -0.166. The second kappa shape index (κ2) is 9.39. The molecule has 156 valence electrons. The van der Waals surface area contributed by atoms with E-state index >= 15 is 0 Å². The zero-order valence-corrected chi connectivity index (χ0v) is 16.4. The predicted molar refractivity (Wildman–Crippen MR) is 94.4 cm³/mol. The maximum Gasteiger partial charge on any atom is 0.330 e. The molecule has 1 saturated heterocycles. The highest BCUT2D eigenvalue weighted by atomic mass is 32.2. The largest absolute Gasteiger partial charge is 0.463 e. The van der Waals surface area contributed by atoms with Gasteiger partial charge in [0.05, 0.1) is 0 Å². The van der Waals surface area contributed by atoms with Crippen LogP contribution in [0.5, 0.6) is 0 Å². The number of rotatable bonds is 6. The van der Waals surface area contributed by atoms with Gasteiger partial charge in [0.15, 0.2) is 18.4 Å². The van der Waals surface area contributed by atoms with E-state index in [4.69, 9.17) is 24.2 Å². The van der Waals surface area contributed by atoms with E-state index in [0.717, 1.165) is 31.5 Å². The van der Waals surface area contributed by atoms with Crippen molar-refractivity contribution in [3.05, 3.63) is 27.0 Å². The monoisotopic (exact) mass is 427 g/mol. The Morgan fingerprint density at radius 1 is 1.17 bits per heavy atom. The average Bonchev–Trinajstić information content (AvgIpc) is 2.92. The summed E-state index contributed by atoms with van der Waals surface area (Å²) in [6.45, 7) is 3.04. The SMILES string of the molecule is CC(=O)OC[C@H]1O[C@@H](n2cc(SC#N)c(=O)[nH]c2=O)[C@H](OC(C)=O)[C@@H]1OC(C)=O. The highest BCUT2D eigenvalue weighted by Crippen LogP contribution is 2.34. The second-order valence-electron chi connectivity index (χ2n) is 5.87. The average molecular weight is 427 g/mol. The zero-order chi connectivity index (χ0) is 21.7. The van der Waals surface area contributed by atoms with Crippen molar-refractivity contribution in [3.63, 3.8) is 0 Å². The molecule has 2 heterocycles. The molecule has 0 radical (unpaired) electrons. The molecule has 1 aliphatic rings. The van der Waals surface area contributed by atoms with Crippen LogP contribution in [0.1, 0.15) is 27.0 Å². The first-order valence-electron chi connectivity index (χ1n) is 8.18. The van der Waals surface area contributed by atoms with Crippen LogP contribution in [0, 0.1) is 10.7 Å². The predicted octanol–water partition coefficient (Wildman–Crippen LogP) is -0.566. The molecule has 0 bridgehead atoms. The second-order valence-corrected chi connectivity index (χ2v) is 6.70. The number of hydrogen-bond acceptors (Lipinski definition) is 11. The van der Waals surface area contributed by atoms with Gasteiger partial charge < -0.3 is 18.9 Å². The molecule has 1 fully saturated rings. The highest BCUT2D eigenvalue weighted by molar-refractivity contribution is 8.03. The number of ether oxygens (including phenoxy) is 4. The van der Waals surface area contributed by atoms with Crippen molar-refractivity contribution in [1.29, 1.82) is 5.26 Å². The van der Waals surface area contributed by atoms with Crippen LogP contribution in [0.2, 0.25) is 0 Å². The van der Waals surface area contributed by atoms with E-state index in [1.54, 1.807) is 5.40 Å². The van der Waals surface area contributed by atoms with Crippen molar-refractivity contribution in [3.8, 4) is 5.40 Å². The summed E-state index contributed by atoms with van der Waals surface area (Å²) in [6, 6.07) is 0. The van der Waals surface area contributed by atoms with Gasteiger partial charge in [0.2, 0.25) is 0 Å². The number of nitriles is 1. The molecule has 0 unspecified atom stereocenters. The Labute approximate surface area is 167 Å². The van der Waals surface area contributed by atoms with E-state index in [9.17, 15) is 24.0 Å². The highest BCUT2D eigenvalue weighted by Gasteiger charge is 2.51. The van der Waals surface area contributed by atoms with Gasteiger partial charge in [0.1, 0.15) is 23.0 Å². The van der Waals surface area contributed by atoms with Crippen molar-refractivity contribution in [2.24, 2.45) is 0 Å². The Hall–Kier alpha value is -3.11. The van der Waals surface area contributed by atoms with Crippen molar-refractivity contribution in [1.82, 2.24) is 9.55 Å². The van der Waals surface area contributed by atoms with E-state index in [0.29, 0.717) is 11.8 Å². The smallest absolute Gasteiger partial charge is 0.330 e. The fraction of sp³-hybridized carbons (Fsp3) is 0.500. The number of aromatic amines is 1. The quantitative estimate of drug-likeness (QED) is 0.267. The molecular weight excluding hydrogens is 410 g/mol. The standard InChI is InChI=1S/C16H17N3O9S/c1-7(20)25-5-10-12(26-8(2)21)13(27-9(3)22)15(28-10)19-4-11(29-6-17)14(23)18-16(19)24/h4,10,12-13,15H,5H2,1-3H3,(H,18,23,24)/t10-,12-,13-,15-/m1/s1. The maximum absolute atomic E-state index is 12.3. The summed E-state index contributed by atoms with van der Waals surface area (Å²) in [7, 11) is 0. The van der Waals surface area contributed by atoms with E-state index in [-0.39, 0.29) is 11.5 Å². The van der Waals surface area contributed by atoms with Crippen LogP contribution >= 0.6 is 11.8 Å². The first kappa shape index (κ1) is 22.2. The number of hydrogen-bond donors (Lipinski definition) is 1. The van der Waals surface area contributed by atoms with Crippen molar-refractivity contribution in [2.75, 3.05) is 6.61 Å². The van der Waals surface area contributed by atoms with E-state index in [2.05, 4.69) is 0 Å². The van der Waals surface area contributed by atoms with Gasteiger partial charge in [0.25, 0.3) is 5.56 Å². The molecule has 0 aliphatic carbocycles. The lowest BCUT2D eigenvalue weighted by Gasteiger charge is -2.24. The van der Waals surface area contributed by atoms with E-state index in [1.807, 2.05) is 4.98 Å². The van der Waals surface area contributed by atoms with Gasteiger partial charge in [-0.05, 0) is 11.8 Å². The molecule has 1 aromatic rings. The third kappa shape index (κ3) is 5.46. The van der Waals surface area contributed by atoms with Crippen LogP contribution in [0.4, 0.5) is 0 Å². The van der Waals surface area contributed by atoms with E-state index < -0.39 is 53.7 Å². The normalized spacial score (nSPS) is 23.1. The number of carbonyl (C=O) groups excluding carboxylic acids is 3. The van der Waals surface area contributed by atoms with Crippen LogP contribution in [0.3, 0.4) is 0 Å². The Kier molecular flexibility index (Phi) is 7.18. The van der Waals surface area contributed by atoms with Crippen molar-refractivity contribution >= 4 is 29.7 Å². The molecule has 2 rings (SSSR count). The van der Waals surface area contributed by atoms with Gasteiger partial charge in [-0.25, -0.2) is 4.79 Å². The van der Waals surface area contributed by atoms with Gasteiger partial charge in [-0.1, -0.05) is 0 Å². The summed E-state index contributed by atoms with van der Waals surface area (Å²) in [5, 5.41) is 10.5. The molecule has 1 N–H and O–H groups in total. The number of H-pyrrole nitrogens is 1. The molecule has 1 aliphatic heterocycles. The number of aromatic nitrogens is 2.